The van der Waals surface area contributed by atoms with E-state index < -0.39 is 36.4 Å². The average Bonchev–Trinajstić information content (AvgIpc) is 3.09. The molecule has 2 atom stereocenters. The van der Waals surface area contributed by atoms with Gasteiger partial charge in [-0.2, -0.15) is 13.2 Å². The molecule has 1 aliphatic heterocycles. The maximum atomic E-state index is 13.1. The second-order valence-corrected chi connectivity index (χ2v) is 6.02. The van der Waals surface area contributed by atoms with E-state index in [2.05, 4.69) is 0 Å². The molecule has 1 fully saturated rings. The van der Waals surface area contributed by atoms with Crippen LogP contribution in [-0.2, 0) is 4.79 Å². The van der Waals surface area contributed by atoms with E-state index in [9.17, 15) is 22.8 Å². The molecule has 0 bridgehead atoms. The van der Waals surface area contributed by atoms with Gasteiger partial charge in [0.15, 0.2) is 5.76 Å². The summed E-state index contributed by atoms with van der Waals surface area (Å²) in [6.45, 7) is 0.903. The number of likely N-dealkylation sites (tertiary alicyclic amines) is 1. The fourth-order valence-electron chi connectivity index (χ4n) is 3.01. The molecule has 2 amide bonds. The highest BCUT2D eigenvalue weighted by atomic mass is 19.4. The van der Waals surface area contributed by atoms with Crippen LogP contribution in [0.3, 0.4) is 0 Å². The summed E-state index contributed by atoms with van der Waals surface area (Å²) in [7, 11) is 0. The minimum absolute atomic E-state index is 0.0540. The summed E-state index contributed by atoms with van der Waals surface area (Å²) in [5, 5.41) is 0.691. The Morgan fingerprint density at radius 1 is 1.25 bits per heavy atom. The molecule has 2 N–H and O–H groups in total. The lowest BCUT2D eigenvalue weighted by Crippen LogP contribution is -2.37. The zero-order chi connectivity index (χ0) is 17.6. The topological polar surface area (TPSA) is 76.5 Å². The number of carbonyl (C=O) groups excluding carboxylic acids is 2. The molecule has 128 valence electrons. The molecule has 2 heterocycles. The fraction of sp³-hybridized carbons (Fsp3) is 0.375. The van der Waals surface area contributed by atoms with E-state index in [0.29, 0.717) is 11.0 Å². The third-order valence-electron chi connectivity index (χ3n) is 4.28. The van der Waals surface area contributed by atoms with Gasteiger partial charge >= 0.3 is 6.18 Å². The van der Waals surface area contributed by atoms with Crippen LogP contribution in [0, 0.1) is 18.8 Å². The Bertz CT molecular complexity index is 812. The third kappa shape index (κ3) is 2.83. The Labute approximate surface area is 135 Å². The van der Waals surface area contributed by atoms with E-state index in [1.165, 1.54) is 6.07 Å². The molecule has 0 spiro atoms. The summed E-state index contributed by atoms with van der Waals surface area (Å²) in [4.78, 5) is 24.7. The molecule has 0 saturated carbocycles. The monoisotopic (exact) mass is 340 g/mol. The van der Waals surface area contributed by atoms with E-state index in [4.69, 9.17) is 10.2 Å². The van der Waals surface area contributed by atoms with Crippen molar-refractivity contribution in [3.05, 3.63) is 35.6 Å². The van der Waals surface area contributed by atoms with Gasteiger partial charge < -0.3 is 15.1 Å². The highest BCUT2D eigenvalue weighted by molar-refractivity contribution is 5.96. The van der Waals surface area contributed by atoms with Gasteiger partial charge in [-0.3, -0.25) is 9.59 Å². The van der Waals surface area contributed by atoms with Crippen LogP contribution in [-0.4, -0.2) is 36.0 Å². The molecule has 1 aliphatic rings. The van der Waals surface area contributed by atoms with Crippen LogP contribution in [0.15, 0.2) is 28.7 Å². The quantitative estimate of drug-likeness (QED) is 0.912. The molecular weight excluding hydrogens is 325 g/mol. The molecule has 5 nitrogen and oxygen atoms in total. The molecule has 0 unspecified atom stereocenters. The molecule has 24 heavy (non-hydrogen) atoms. The molecule has 0 radical (unpaired) electrons. The maximum Gasteiger partial charge on any atom is 0.394 e. The van der Waals surface area contributed by atoms with Gasteiger partial charge in [-0.15, -0.1) is 0 Å². The normalized spacial score (nSPS) is 21.4. The second-order valence-electron chi connectivity index (χ2n) is 6.02. The fourth-order valence-corrected chi connectivity index (χ4v) is 3.01. The van der Waals surface area contributed by atoms with E-state index in [-0.39, 0.29) is 12.3 Å². The number of alkyl halides is 3. The Morgan fingerprint density at radius 2 is 1.96 bits per heavy atom. The van der Waals surface area contributed by atoms with Crippen LogP contribution < -0.4 is 5.73 Å². The number of nitrogens with two attached hydrogens (primary N) is 1. The number of primary amides is 1. The first-order valence-electron chi connectivity index (χ1n) is 7.32. The standard InChI is InChI=1S/C16H15F3N2O3/c1-8-2-3-12-9(4-8)5-13(24-12)15(23)21-6-10(14(20)22)11(7-21)16(17,18)19/h2-5,10-11H,6-7H2,1H3,(H2,20,22)/t10-,11-/m1/s1. The number of benzene rings is 1. The Balaban J connectivity index is 1.87. The average molecular weight is 340 g/mol. The number of amides is 2. The first-order valence-corrected chi connectivity index (χ1v) is 7.32. The van der Waals surface area contributed by atoms with Crippen molar-refractivity contribution in [2.45, 2.75) is 13.1 Å². The predicted molar refractivity (Wildman–Crippen MR) is 79.1 cm³/mol. The third-order valence-corrected chi connectivity index (χ3v) is 4.28. The first kappa shape index (κ1) is 16.4. The number of furan rings is 1. The largest absolute Gasteiger partial charge is 0.451 e. The Hall–Kier alpha value is -2.51. The molecule has 0 aliphatic carbocycles. The molecule has 8 heteroatoms. The SMILES string of the molecule is Cc1ccc2oc(C(=O)N3C[C@@H](C(F)(F)F)[C@H](C(N)=O)C3)cc2c1. The van der Waals surface area contributed by atoms with Crippen molar-refractivity contribution in [3.8, 4) is 0 Å². The van der Waals surface area contributed by atoms with Gasteiger partial charge in [-0.25, -0.2) is 0 Å². The minimum Gasteiger partial charge on any atom is -0.451 e. The number of rotatable bonds is 2. The van der Waals surface area contributed by atoms with Crippen molar-refractivity contribution in [3.63, 3.8) is 0 Å². The highest BCUT2D eigenvalue weighted by Gasteiger charge is 2.53. The van der Waals surface area contributed by atoms with Crippen molar-refractivity contribution in [1.82, 2.24) is 4.90 Å². The number of hydrogen-bond donors (Lipinski definition) is 1. The van der Waals surface area contributed by atoms with Crippen molar-refractivity contribution >= 4 is 22.8 Å². The molecule has 3 rings (SSSR count). The summed E-state index contributed by atoms with van der Waals surface area (Å²) < 4.78 is 44.6. The van der Waals surface area contributed by atoms with Gasteiger partial charge in [-0.05, 0) is 25.1 Å². The zero-order valence-electron chi connectivity index (χ0n) is 12.8. The molecule has 2 aromatic rings. The number of hydrogen-bond acceptors (Lipinski definition) is 3. The van der Waals surface area contributed by atoms with E-state index in [0.717, 1.165) is 10.5 Å². The van der Waals surface area contributed by atoms with Crippen molar-refractivity contribution in [2.24, 2.45) is 17.6 Å². The van der Waals surface area contributed by atoms with E-state index in [1.807, 2.05) is 13.0 Å². The van der Waals surface area contributed by atoms with Crippen molar-refractivity contribution in [2.75, 3.05) is 13.1 Å². The number of carbonyl (C=O) groups is 2. The molecule has 1 aromatic carbocycles. The van der Waals surface area contributed by atoms with E-state index >= 15 is 0 Å². The lowest BCUT2D eigenvalue weighted by atomic mass is 9.95. The summed E-state index contributed by atoms with van der Waals surface area (Å²) in [5.74, 6) is -5.19. The molecule has 1 saturated heterocycles. The van der Waals surface area contributed by atoms with Gasteiger partial charge in [0.25, 0.3) is 5.91 Å². The van der Waals surface area contributed by atoms with Crippen LogP contribution in [0.5, 0.6) is 0 Å². The number of fused-ring (bicyclic) bond motifs is 1. The van der Waals surface area contributed by atoms with Crippen molar-refractivity contribution < 1.29 is 27.2 Å². The highest BCUT2D eigenvalue weighted by Crippen LogP contribution is 2.38. The summed E-state index contributed by atoms with van der Waals surface area (Å²) in [6, 6.07) is 6.80. The Morgan fingerprint density at radius 3 is 2.54 bits per heavy atom. The summed E-state index contributed by atoms with van der Waals surface area (Å²) in [5.41, 5.74) is 6.50. The van der Waals surface area contributed by atoms with Gasteiger partial charge in [0, 0.05) is 18.5 Å². The number of aryl methyl sites for hydroxylation is 1. The Kier molecular flexibility index (Phi) is 3.77. The lowest BCUT2D eigenvalue weighted by Gasteiger charge is -2.18. The van der Waals surface area contributed by atoms with Gasteiger partial charge in [-0.1, -0.05) is 11.6 Å². The summed E-state index contributed by atoms with van der Waals surface area (Å²) in [6.07, 6.45) is -4.60. The molecule has 1 aromatic heterocycles. The minimum atomic E-state index is -4.60. The number of halogens is 3. The number of nitrogens with zero attached hydrogens (tertiary/aromatic N) is 1. The van der Waals surface area contributed by atoms with E-state index in [1.54, 1.807) is 12.1 Å². The zero-order valence-corrected chi connectivity index (χ0v) is 12.8. The van der Waals surface area contributed by atoms with Gasteiger partial charge in [0.05, 0.1) is 11.8 Å². The van der Waals surface area contributed by atoms with Gasteiger partial charge in [0.2, 0.25) is 5.91 Å². The predicted octanol–water partition coefficient (Wildman–Crippen LogP) is 2.48. The first-order chi connectivity index (χ1) is 11.2. The lowest BCUT2D eigenvalue weighted by molar-refractivity contribution is -0.182. The maximum absolute atomic E-state index is 13.1. The summed E-state index contributed by atoms with van der Waals surface area (Å²) >= 11 is 0. The van der Waals surface area contributed by atoms with Crippen molar-refractivity contribution in [1.29, 1.82) is 0 Å². The second kappa shape index (κ2) is 5.54. The van der Waals surface area contributed by atoms with Crippen LogP contribution in [0.2, 0.25) is 0 Å². The molecular formula is C16H15F3N2O3. The van der Waals surface area contributed by atoms with Crippen LogP contribution in [0.1, 0.15) is 16.1 Å². The van der Waals surface area contributed by atoms with Crippen LogP contribution >= 0.6 is 0 Å². The van der Waals surface area contributed by atoms with Crippen LogP contribution in [0.4, 0.5) is 13.2 Å². The van der Waals surface area contributed by atoms with Crippen LogP contribution in [0.25, 0.3) is 11.0 Å². The van der Waals surface area contributed by atoms with Gasteiger partial charge in [0.1, 0.15) is 5.58 Å². The smallest absolute Gasteiger partial charge is 0.394 e.